The molecule has 138 valence electrons. The average molecular weight is 345 g/mol. The molecule has 1 aliphatic heterocycles. The Kier molecular flexibility index (Phi) is 7.59. The first-order valence-electron chi connectivity index (χ1n) is 9.28. The number of carbonyl (C=O) groups is 1. The number of ketones is 1. The molecule has 0 amide bonds. The Labute approximate surface area is 151 Å². The molecule has 1 aromatic rings. The first-order chi connectivity index (χ1) is 12.0. The van der Waals surface area contributed by atoms with Gasteiger partial charge in [-0.25, -0.2) is 0 Å². The predicted molar refractivity (Wildman–Crippen MR) is 104 cm³/mol. The summed E-state index contributed by atoms with van der Waals surface area (Å²) in [4.78, 5) is 18.6. The first kappa shape index (κ1) is 19.6. The van der Waals surface area contributed by atoms with E-state index in [1.165, 1.54) is 12.8 Å². The van der Waals surface area contributed by atoms with Gasteiger partial charge < -0.3 is 16.4 Å². The van der Waals surface area contributed by atoms with E-state index < -0.39 is 0 Å². The molecule has 1 aliphatic rings. The van der Waals surface area contributed by atoms with Crippen molar-refractivity contribution < 1.29 is 4.79 Å². The van der Waals surface area contributed by atoms with Crippen molar-refractivity contribution in [1.29, 1.82) is 0 Å². The van der Waals surface area contributed by atoms with Gasteiger partial charge in [0.15, 0.2) is 0 Å². The number of piperidine rings is 1. The van der Waals surface area contributed by atoms with Crippen LogP contribution in [0.3, 0.4) is 0 Å². The molecule has 0 aliphatic carbocycles. The summed E-state index contributed by atoms with van der Waals surface area (Å²) in [6.07, 6.45) is 5.58. The van der Waals surface area contributed by atoms with Crippen LogP contribution in [0.1, 0.15) is 43.2 Å². The fourth-order valence-electron chi connectivity index (χ4n) is 3.35. The summed E-state index contributed by atoms with van der Waals surface area (Å²) in [6.45, 7) is 2.33. The van der Waals surface area contributed by atoms with Gasteiger partial charge in [-0.1, -0.05) is 24.3 Å². The Morgan fingerprint density at radius 1 is 1.28 bits per heavy atom. The maximum atomic E-state index is 12.3. The van der Waals surface area contributed by atoms with Crippen molar-refractivity contribution in [3.63, 3.8) is 0 Å². The Bertz CT molecular complexity index is 574. The minimum absolute atomic E-state index is 0.173. The van der Waals surface area contributed by atoms with Crippen LogP contribution >= 0.6 is 0 Å². The van der Waals surface area contributed by atoms with Crippen molar-refractivity contribution in [1.82, 2.24) is 4.90 Å². The van der Waals surface area contributed by atoms with Crippen molar-refractivity contribution in [2.45, 2.75) is 44.6 Å². The van der Waals surface area contributed by atoms with E-state index in [1.54, 1.807) is 7.05 Å². The van der Waals surface area contributed by atoms with Gasteiger partial charge in [0.05, 0.1) is 6.04 Å². The summed E-state index contributed by atoms with van der Waals surface area (Å²) in [5, 5.41) is 0. The molecule has 0 saturated carbocycles. The molecule has 1 atom stereocenters. The maximum Gasteiger partial charge on any atom is 0.149 e. The molecular formula is C20H32N4O. The number of nitrogens with zero attached hydrogens (tertiary/aromatic N) is 2. The van der Waals surface area contributed by atoms with E-state index in [-0.39, 0.29) is 11.8 Å². The van der Waals surface area contributed by atoms with E-state index in [9.17, 15) is 4.79 Å². The summed E-state index contributed by atoms with van der Waals surface area (Å²) < 4.78 is 0. The van der Waals surface area contributed by atoms with Crippen molar-refractivity contribution in [3.8, 4) is 0 Å². The number of hydrogen-bond acceptors (Lipinski definition) is 4. The zero-order chi connectivity index (χ0) is 18.2. The predicted octanol–water partition coefficient (Wildman–Crippen LogP) is 1.97. The highest BCUT2D eigenvalue weighted by Gasteiger charge is 2.19. The van der Waals surface area contributed by atoms with Crippen LogP contribution < -0.4 is 11.5 Å². The molecule has 5 heteroatoms. The van der Waals surface area contributed by atoms with Crippen molar-refractivity contribution in [2.24, 2.45) is 22.4 Å². The molecule has 4 N–H and O–H groups in total. The van der Waals surface area contributed by atoms with E-state index in [0.29, 0.717) is 12.3 Å². The van der Waals surface area contributed by atoms with E-state index in [4.69, 9.17) is 11.5 Å². The summed E-state index contributed by atoms with van der Waals surface area (Å²) >= 11 is 0. The van der Waals surface area contributed by atoms with Crippen LogP contribution in [0.25, 0.3) is 0 Å². The van der Waals surface area contributed by atoms with E-state index >= 15 is 0 Å². The van der Waals surface area contributed by atoms with Crippen LogP contribution in [0.4, 0.5) is 0 Å². The summed E-state index contributed by atoms with van der Waals surface area (Å²) in [6, 6.07) is 7.58. The second kappa shape index (κ2) is 9.68. The Morgan fingerprint density at radius 3 is 2.52 bits per heavy atom. The number of aliphatic imine (C=N–C) groups is 1. The first-order valence-corrected chi connectivity index (χ1v) is 9.28. The SMILES string of the molecule is CN=C(N)c1ccc(CCC(=O)[C@@H](N)CCC2CCN(C)CC2)cc1. The van der Waals surface area contributed by atoms with Crippen LogP contribution in [-0.4, -0.2) is 49.7 Å². The largest absolute Gasteiger partial charge is 0.384 e. The lowest BCUT2D eigenvalue weighted by molar-refractivity contribution is -0.120. The fourth-order valence-corrected chi connectivity index (χ4v) is 3.35. The minimum atomic E-state index is -0.318. The molecule has 25 heavy (non-hydrogen) atoms. The van der Waals surface area contributed by atoms with Gasteiger partial charge in [0.1, 0.15) is 11.6 Å². The lowest BCUT2D eigenvalue weighted by Gasteiger charge is -2.29. The highest BCUT2D eigenvalue weighted by atomic mass is 16.1. The van der Waals surface area contributed by atoms with Gasteiger partial charge in [-0.15, -0.1) is 0 Å². The van der Waals surface area contributed by atoms with Gasteiger partial charge in [-0.05, 0) is 63.7 Å². The molecule has 5 nitrogen and oxygen atoms in total. The second-order valence-corrected chi connectivity index (χ2v) is 7.20. The molecule has 2 rings (SSSR count). The number of aryl methyl sites for hydroxylation is 1. The normalized spacial score (nSPS) is 18.3. The lowest BCUT2D eigenvalue weighted by atomic mass is 9.89. The lowest BCUT2D eigenvalue weighted by Crippen LogP contribution is -2.33. The van der Waals surface area contributed by atoms with Crippen LogP contribution in [0.2, 0.25) is 0 Å². The smallest absolute Gasteiger partial charge is 0.149 e. The van der Waals surface area contributed by atoms with Gasteiger partial charge in [0.2, 0.25) is 0 Å². The summed E-state index contributed by atoms with van der Waals surface area (Å²) in [5.41, 5.74) is 13.9. The van der Waals surface area contributed by atoms with Gasteiger partial charge in [0, 0.05) is 19.0 Å². The Morgan fingerprint density at radius 2 is 1.92 bits per heavy atom. The molecule has 1 fully saturated rings. The molecular weight excluding hydrogens is 312 g/mol. The zero-order valence-corrected chi connectivity index (χ0v) is 15.6. The Hall–Kier alpha value is -1.72. The number of hydrogen-bond donors (Lipinski definition) is 2. The van der Waals surface area contributed by atoms with Gasteiger partial charge in [-0.3, -0.25) is 9.79 Å². The Balaban J connectivity index is 1.72. The average Bonchev–Trinajstić information content (AvgIpc) is 2.65. The van der Waals surface area contributed by atoms with Gasteiger partial charge in [-0.2, -0.15) is 0 Å². The van der Waals surface area contributed by atoms with Gasteiger partial charge >= 0.3 is 0 Å². The number of likely N-dealkylation sites (tertiary alicyclic amines) is 1. The molecule has 1 saturated heterocycles. The zero-order valence-electron chi connectivity index (χ0n) is 15.6. The molecule has 1 aromatic carbocycles. The van der Waals surface area contributed by atoms with Crippen LogP contribution in [0, 0.1) is 5.92 Å². The van der Waals surface area contributed by atoms with Crippen molar-refractivity contribution >= 4 is 11.6 Å². The number of nitrogens with two attached hydrogens (primary N) is 2. The molecule has 0 aromatic heterocycles. The third-order valence-electron chi connectivity index (χ3n) is 5.29. The van der Waals surface area contributed by atoms with E-state index in [1.807, 2.05) is 24.3 Å². The van der Waals surface area contributed by atoms with Crippen LogP contribution in [0.15, 0.2) is 29.3 Å². The van der Waals surface area contributed by atoms with Crippen LogP contribution in [-0.2, 0) is 11.2 Å². The second-order valence-electron chi connectivity index (χ2n) is 7.20. The topological polar surface area (TPSA) is 84.7 Å². The molecule has 0 spiro atoms. The van der Waals surface area contributed by atoms with Crippen molar-refractivity contribution in [3.05, 3.63) is 35.4 Å². The third kappa shape index (κ3) is 6.25. The molecule has 1 heterocycles. The van der Waals surface area contributed by atoms with Gasteiger partial charge in [0.25, 0.3) is 0 Å². The molecule has 0 bridgehead atoms. The highest BCUT2D eigenvalue weighted by Crippen LogP contribution is 2.21. The number of rotatable bonds is 8. The van der Waals surface area contributed by atoms with Crippen LogP contribution in [0.5, 0.6) is 0 Å². The third-order valence-corrected chi connectivity index (χ3v) is 5.29. The van der Waals surface area contributed by atoms with E-state index in [2.05, 4.69) is 16.9 Å². The number of carbonyl (C=O) groups excluding carboxylic acids is 1. The number of benzene rings is 1. The fraction of sp³-hybridized carbons (Fsp3) is 0.600. The standard InChI is InChI=1S/C20H32N4O/c1-23-20(22)17-7-3-15(4-8-17)6-10-19(25)18(21)9-5-16-11-13-24(2)14-12-16/h3-4,7-8,16,18H,5-6,9-14,21H2,1-2H3,(H2,22,23)/t18-/m0/s1. The maximum absolute atomic E-state index is 12.3. The highest BCUT2D eigenvalue weighted by molar-refractivity contribution is 5.97. The van der Waals surface area contributed by atoms with E-state index in [0.717, 1.165) is 49.4 Å². The number of Topliss-reactive ketones (excluding diaryl/α,β-unsaturated/α-hetero) is 1. The number of amidine groups is 1. The quantitative estimate of drug-likeness (QED) is 0.558. The molecule has 0 unspecified atom stereocenters. The molecule has 0 radical (unpaired) electrons. The summed E-state index contributed by atoms with van der Waals surface area (Å²) in [5.74, 6) is 1.43. The minimum Gasteiger partial charge on any atom is -0.384 e. The summed E-state index contributed by atoms with van der Waals surface area (Å²) in [7, 11) is 3.84. The monoisotopic (exact) mass is 344 g/mol. The van der Waals surface area contributed by atoms with Crippen molar-refractivity contribution in [2.75, 3.05) is 27.2 Å².